The molecule has 3 rings (SSSR count). The molecule has 1 aromatic heterocycles. The van der Waals surface area contributed by atoms with Gasteiger partial charge in [-0.2, -0.15) is 0 Å². The largest absolute Gasteiger partial charge is 0.371 e. The highest BCUT2D eigenvalue weighted by atomic mass is 15.1. The number of hydrogen-bond acceptors (Lipinski definition) is 2. The van der Waals surface area contributed by atoms with Crippen molar-refractivity contribution in [2.24, 2.45) is 11.3 Å². The zero-order valence-corrected chi connectivity index (χ0v) is 10.7. The van der Waals surface area contributed by atoms with E-state index in [4.69, 9.17) is 0 Å². The lowest BCUT2D eigenvalue weighted by molar-refractivity contribution is 0.219. The summed E-state index contributed by atoms with van der Waals surface area (Å²) in [7, 11) is 0. The Morgan fingerprint density at radius 1 is 1.18 bits per heavy atom. The van der Waals surface area contributed by atoms with E-state index in [1.807, 2.05) is 12.4 Å². The quantitative estimate of drug-likeness (QED) is 0.734. The summed E-state index contributed by atoms with van der Waals surface area (Å²) in [5, 5.41) is 0. The number of pyridine rings is 1. The first-order valence-corrected chi connectivity index (χ1v) is 6.92. The fourth-order valence-corrected chi connectivity index (χ4v) is 3.74. The van der Waals surface area contributed by atoms with Crippen molar-refractivity contribution in [3.63, 3.8) is 0 Å². The molecule has 0 N–H and O–H groups in total. The summed E-state index contributed by atoms with van der Waals surface area (Å²) < 4.78 is 0. The topological polar surface area (TPSA) is 16.1 Å². The Bertz CT molecular complexity index is 366. The van der Waals surface area contributed by atoms with E-state index in [2.05, 4.69) is 28.9 Å². The van der Waals surface area contributed by atoms with E-state index in [0.29, 0.717) is 5.41 Å². The van der Waals surface area contributed by atoms with Crippen LogP contribution in [0.1, 0.15) is 39.0 Å². The average molecular weight is 230 g/mol. The maximum atomic E-state index is 4.09. The van der Waals surface area contributed by atoms with Gasteiger partial charge in [-0.05, 0) is 49.1 Å². The molecular formula is C15H22N2. The van der Waals surface area contributed by atoms with Crippen molar-refractivity contribution in [1.82, 2.24) is 4.98 Å². The minimum atomic E-state index is 0.697. The normalized spacial score (nSPS) is 27.6. The van der Waals surface area contributed by atoms with Crippen LogP contribution in [0.5, 0.6) is 0 Å². The molecule has 2 heteroatoms. The van der Waals surface area contributed by atoms with Gasteiger partial charge in [-0.1, -0.05) is 13.3 Å². The molecule has 0 amide bonds. The highest BCUT2D eigenvalue weighted by molar-refractivity contribution is 5.45. The summed E-state index contributed by atoms with van der Waals surface area (Å²) in [6.07, 6.45) is 11.0. The smallest absolute Gasteiger partial charge is 0.0397 e. The van der Waals surface area contributed by atoms with Crippen LogP contribution in [0.25, 0.3) is 0 Å². The maximum Gasteiger partial charge on any atom is 0.0397 e. The molecule has 1 aromatic rings. The van der Waals surface area contributed by atoms with Crippen LogP contribution >= 0.6 is 0 Å². The first-order chi connectivity index (χ1) is 8.27. The monoisotopic (exact) mass is 230 g/mol. The summed E-state index contributed by atoms with van der Waals surface area (Å²) >= 11 is 0. The molecule has 0 aromatic carbocycles. The Balaban J connectivity index is 1.65. The van der Waals surface area contributed by atoms with Crippen LogP contribution in [0.15, 0.2) is 24.5 Å². The van der Waals surface area contributed by atoms with E-state index >= 15 is 0 Å². The second-order valence-electron chi connectivity index (χ2n) is 6.04. The summed E-state index contributed by atoms with van der Waals surface area (Å²) in [5.74, 6) is 0.961. The molecule has 1 spiro atoms. The van der Waals surface area contributed by atoms with Gasteiger partial charge in [0, 0.05) is 31.2 Å². The molecule has 2 nitrogen and oxygen atoms in total. The third-order valence-electron chi connectivity index (χ3n) is 4.80. The lowest BCUT2D eigenvalue weighted by Gasteiger charge is -2.40. The van der Waals surface area contributed by atoms with Gasteiger partial charge in [-0.25, -0.2) is 0 Å². The predicted molar refractivity (Wildman–Crippen MR) is 71.1 cm³/mol. The number of rotatable bonds is 1. The molecule has 2 aliphatic rings. The van der Waals surface area contributed by atoms with Crippen LogP contribution in [-0.2, 0) is 0 Å². The first-order valence-electron chi connectivity index (χ1n) is 6.92. The van der Waals surface area contributed by atoms with Gasteiger partial charge < -0.3 is 4.90 Å². The fourth-order valence-electron chi connectivity index (χ4n) is 3.74. The summed E-state index contributed by atoms with van der Waals surface area (Å²) in [5.41, 5.74) is 2.05. The molecule has 2 fully saturated rings. The highest BCUT2D eigenvalue weighted by Crippen LogP contribution is 2.48. The Morgan fingerprint density at radius 2 is 1.88 bits per heavy atom. The second kappa shape index (κ2) is 4.32. The van der Waals surface area contributed by atoms with Gasteiger partial charge in [0.1, 0.15) is 0 Å². The van der Waals surface area contributed by atoms with Crippen LogP contribution in [0, 0.1) is 11.3 Å². The number of aromatic nitrogens is 1. The maximum absolute atomic E-state index is 4.09. The van der Waals surface area contributed by atoms with Gasteiger partial charge in [0.05, 0.1) is 0 Å². The molecule has 1 saturated carbocycles. The summed E-state index contributed by atoms with van der Waals surface area (Å²) in [6, 6.07) is 4.27. The lowest BCUT2D eigenvalue weighted by Crippen LogP contribution is -2.39. The highest BCUT2D eigenvalue weighted by Gasteiger charge is 2.39. The molecule has 92 valence electrons. The van der Waals surface area contributed by atoms with Crippen molar-refractivity contribution >= 4 is 5.69 Å². The van der Waals surface area contributed by atoms with Gasteiger partial charge in [-0.15, -0.1) is 0 Å². The standard InChI is InChI=1S/C15H22N2/c1-13-2-5-15(12-13)6-10-17(11-7-15)14-3-8-16-9-4-14/h3-4,8-9,13H,2,5-7,10-12H2,1H3. The van der Waals surface area contributed by atoms with Crippen molar-refractivity contribution < 1.29 is 0 Å². The minimum Gasteiger partial charge on any atom is -0.371 e. The number of anilines is 1. The van der Waals surface area contributed by atoms with Crippen LogP contribution in [0.2, 0.25) is 0 Å². The van der Waals surface area contributed by atoms with E-state index in [1.165, 1.54) is 50.9 Å². The van der Waals surface area contributed by atoms with E-state index < -0.39 is 0 Å². The van der Waals surface area contributed by atoms with Gasteiger partial charge >= 0.3 is 0 Å². The second-order valence-corrected chi connectivity index (χ2v) is 6.04. The number of piperidine rings is 1. The first kappa shape index (κ1) is 11.1. The van der Waals surface area contributed by atoms with Gasteiger partial charge in [0.25, 0.3) is 0 Å². The van der Waals surface area contributed by atoms with Crippen LogP contribution in [0.3, 0.4) is 0 Å². The Morgan fingerprint density at radius 3 is 2.47 bits per heavy atom. The van der Waals surface area contributed by atoms with Gasteiger partial charge in [0.15, 0.2) is 0 Å². The molecular weight excluding hydrogens is 208 g/mol. The van der Waals surface area contributed by atoms with Crippen molar-refractivity contribution in [2.45, 2.75) is 39.0 Å². The van der Waals surface area contributed by atoms with Crippen LogP contribution < -0.4 is 4.90 Å². The third kappa shape index (κ3) is 2.18. The van der Waals surface area contributed by atoms with E-state index in [-0.39, 0.29) is 0 Å². The lowest BCUT2D eigenvalue weighted by atomic mass is 9.76. The van der Waals surface area contributed by atoms with Crippen molar-refractivity contribution in [3.05, 3.63) is 24.5 Å². The van der Waals surface area contributed by atoms with Crippen molar-refractivity contribution in [3.8, 4) is 0 Å². The van der Waals surface area contributed by atoms with Crippen molar-refractivity contribution in [1.29, 1.82) is 0 Å². The molecule has 2 heterocycles. The molecule has 1 atom stereocenters. The molecule has 1 aliphatic carbocycles. The summed E-state index contributed by atoms with van der Waals surface area (Å²) in [6.45, 7) is 4.89. The number of hydrogen-bond donors (Lipinski definition) is 0. The zero-order valence-electron chi connectivity index (χ0n) is 10.7. The summed E-state index contributed by atoms with van der Waals surface area (Å²) in [4.78, 5) is 6.62. The average Bonchev–Trinajstić information content (AvgIpc) is 2.73. The van der Waals surface area contributed by atoms with Gasteiger partial charge in [-0.3, -0.25) is 4.98 Å². The minimum absolute atomic E-state index is 0.697. The van der Waals surface area contributed by atoms with E-state index in [0.717, 1.165) is 5.92 Å². The molecule has 1 aliphatic heterocycles. The van der Waals surface area contributed by atoms with Crippen LogP contribution in [0.4, 0.5) is 5.69 Å². The Kier molecular flexibility index (Phi) is 2.81. The van der Waals surface area contributed by atoms with Gasteiger partial charge in [0.2, 0.25) is 0 Å². The van der Waals surface area contributed by atoms with E-state index in [9.17, 15) is 0 Å². The van der Waals surface area contributed by atoms with Crippen LogP contribution in [-0.4, -0.2) is 18.1 Å². The molecule has 0 radical (unpaired) electrons. The Hall–Kier alpha value is -1.05. The number of nitrogens with zero attached hydrogens (tertiary/aromatic N) is 2. The molecule has 1 saturated heterocycles. The SMILES string of the molecule is CC1CCC2(CCN(c3ccncc3)CC2)C1. The Labute approximate surface area is 104 Å². The predicted octanol–water partition coefficient (Wildman–Crippen LogP) is 3.49. The molecule has 1 unspecified atom stereocenters. The molecule has 17 heavy (non-hydrogen) atoms. The third-order valence-corrected chi connectivity index (χ3v) is 4.80. The van der Waals surface area contributed by atoms with Crippen molar-refractivity contribution in [2.75, 3.05) is 18.0 Å². The van der Waals surface area contributed by atoms with E-state index in [1.54, 1.807) is 0 Å². The molecule has 0 bridgehead atoms. The fraction of sp³-hybridized carbons (Fsp3) is 0.667. The zero-order chi connectivity index (χ0) is 11.7.